The van der Waals surface area contributed by atoms with Gasteiger partial charge in [0.15, 0.2) is 0 Å². The summed E-state index contributed by atoms with van der Waals surface area (Å²) in [6.07, 6.45) is 6.43. The molecule has 0 amide bonds. The molecule has 0 unspecified atom stereocenters. The van der Waals surface area contributed by atoms with Crippen LogP contribution in [0.2, 0.25) is 0 Å². The van der Waals surface area contributed by atoms with Crippen molar-refractivity contribution in [1.82, 2.24) is 19.5 Å². The van der Waals surface area contributed by atoms with Crippen LogP contribution in [0.3, 0.4) is 0 Å². The molecular weight excluding hydrogens is 1310 g/mol. The number of rotatable bonds is 12. The number of aromatic nitrogens is 4. The molecule has 22 heteroatoms. The third-order valence-corrected chi connectivity index (χ3v) is 11.6. The fourth-order valence-electron chi connectivity index (χ4n) is 8.04. The smallest absolute Gasteiger partial charge is 1.00 e. The number of esters is 2. The minimum atomic E-state index is -0.707. The van der Waals surface area contributed by atoms with Crippen molar-refractivity contribution in [3.05, 3.63) is 168 Å². The number of carbonyl (C=O) groups is 3. The number of nitrogens with one attached hydrogen (secondary N) is 1. The number of carbonyl (C=O) groups excluding carboxylic acids is 3. The molecule has 0 aliphatic heterocycles. The van der Waals surface area contributed by atoms with Crippen LogP contribution in [0.25, 0.3) is 66.0 Å². The zero-order chi connectivity index (χ0) is 52.2. The Morgan fingerprint density at radius 3 is 1.73 bits per heavy atom. The van der Waals surface area contributed by atoms with Gasteiger partial charge < -0.3 is 48.9 Å². The van der Waals surface area contributed by atoms with Crippen molar-refractivity contribution in [1.29, 1.82) is 0 Å². The molecule has 0 aliphatic rings. The van der Waals surface area contributed by atoms with E-state index in [4.69, 9.17) is 37.8 Å². The van der Waals surface area contributed by atoms with E-state index in [1.807, 2.05) is 30.3 Å². The van der Waals surface area contributed by atoms with Crippen molar-refractivity contribution in [2.75, 3.05) is 27.4 Å². The maximum Gasteiger partial charge on any atom is 1.00 e. The number of nitrogens with zero attached hydrogens (tertiary/aromatic N) is 3. The van der Waals surface area contributed by atoms with Gasteiger partial charge in [-0.15, -0.1) is 0 Å². The van der Waals surface area contributed by atoms with Gasteiger partial charge in [-0.05, 0) is 92.2 Å². The van der Waals surface area contributed by atoms with Gasteiger partial charge in [0.1, 0.15) is 45.8 Å². The van der Waals surface area contributed by atoms with Crippen LogP contribution in [0, 0.1) is 23.3 Å². The van der Waals surface area contributed by atoms with Crippen molar-refractivity contribution in [3.63, 3.8) is 0 Å². The van der Waals surface area contributed by atoms with E-state index in [1.165, 1.54) is 31.4 Å². The summed E-state index contributed by atoms with van der Waals surface area (Å²) in [4.78, 5) is 48.9. The van der Waals surface area contributed by atoms with Gasteiger partial charge in [-0.1, -0.05) is 42.9 Å². The Labute approximate surface area is 567 Å². The van der Waals surface area contributed by atoms with E-state index in [1.54, 1.807) is 80.8 Å². The number of methoxy groups -OCH3 is 2. The number of aromatic amines is 1. The van der Waals surface area contributed by atoms with E-state index in [9.17, 15) is 27.2 Å². The predicted octanol–water partition coefficient (Wildman–Crippen LogP) is 6.81. The predicted molar refractivity (Wildman–Crippen MR) is 277 cm³/mol. The molecule has 15 nitrogen and oxygen atoms in total. The number of ether oxygens (including phenoxy) is 4. The molecule has 77 heavy (non-hydrogen) atoms. The Balaban J connectivity index is 0.000000416. The SMILES string of the molecule is C.C.CCOC(=O)c1[nH]c2ccc3occc3c2c1-c1cccnc1OC.CCOC(=O)c1c(-c2cccnc2OC)c2c3ccoc3ccc2n1Cc1ccc(F)cc1F.Fc1ccc(CBr)c(F)c1.O=CO[O-].[Cs+].[Cs+].[H-]. The number of hydrogen-bond donors (Lipinski definition) is 1. The molecule has 4 aromatic carbocycles. The summed E-state index contributed by atoms with van der Waals surface area (Å²) < 4.78 is 87.4. The van der Waals surface area contributed by atoms with Crippen molar-refractivity contribution < 1.29 is 209 Å². The van der Waals surface area contributed by atoms with E-state index >= 15 is 0 Å². The minimum Gasteiger partial charge on any atom is -1.00 e. The van der Waals surface area contributed by atoms with Gasteiger partial charge in [0.05, 0.1) is 52.0 Å². The topological polar surface area (TPSA) is 193 Å². The number of pyridine rings is 2. The zero-order valence-electron chi connectivity index (χ0n) is 42.2. The summed E-state index contributed by atoms with van der Waals surface area (Å²) >= 11 is 3.07. The first kappa shape index (κ1) is 66.9. The van der Waals surface area contributed by atoms with Crippen LogP contribution in [0.5, 0.6) is 11.8 Å². The number of alkyl halides is 1. The van der Waals surface area contributed by atoms with E-state index in [0.717, 1.165) is 39.4 Å². The molecule has 10 rings (SSSR count). The molecule has 394 valence electrons. The van der Waals surface area contributed by atoms with Gasteiger partial charge >= 0.3 is 150 Å². The first-order valence-electron chi connectivity index (χ1n) is 22.0. The van der Waals surface area contributed by atoms with Crippen molar-refractivity contribution in [2.24, 2.45) is 0 Å². The van der Waals surface area contributed by atoms with Gasteiger partial charge in [-0.25, -0.2) is 37.1 Å². The standard InChI is InChI=1S/C26H20F2N2O4.C19H16N2O4.C7H5BrF2.CH2O3.2CH4.2Cs.H/c1-3-33-26(31)24-23(18-5-4-11-29-25(18)32-2)22-17-10-12-34-21(17)9-8-20(22)30(24)14-15-6-7-16(27)13-19(15)28;1-3-24-19(22)17-16(12-5-4-9-20-18(12)23-2)15-11-8-10-25-14(11)7-6-13(15)21-17;8-4-5-1-2-6(9)3-7(5)10;2-1-4-3;;;;;/h4-13H,3,14H2,1-2H3;4-10,21H,3H2,1-2H3;1-3H,4H2;1,3H;2*1H4;;;/q;;;;;;2*+1;-1/p-1. The molecule has 0 radical (unpaired) electrons. The van der Waals surface area contributed by atoms with Crippen LogP contribution in [0.4, 0.5) is 17.6 Å². The molecule has 0 aliphatic carbocycles. The molecule has 10 aromatic rings. The normalized spacial score (nSPS) is 10.2. The van der Waals surface area contributed by atoms with Gasteiger partial charge in [0.2, 0.25) is 11.8 Å². The van der Waals surface area contributed by atoms with E-state index < -0.39 is 35.2 Å². The molecule has 6 heterocycles. The van der Waals surface area contributed by atoms with Crippen LogP contribution in [0.15, 0.2) is 131 Å². The van der Waals surface area contributed by atoms with Crippen LogP contribution in [0.1, 0.15) is 62.2 Å². The van der Waals surface area contributed by atoms with Crippen LogP contribution in [-0.4, -0.2) is 65.4 Å². The summed E-state index contributed by atoms with van der Waals surface area (Å²) in [5, 5.41) is 12.1. The second kappa shape index (κ2) is 32.0. The summed E-state index contributed by atoms with van der Waals surface area (Å²) in [6, 6.07) is 25.2. The van der Waals surface area contributed by atoms with Crippen molar-refractivity contribution in [3.8, 4) is 34.0 Å². The fraction of sp³-hybridized carbons (Fsp3) is 0.182. The monoisotopic (exact) mass is 1360 g/mol. The molecule has 0 atom stereocenters. The van der Waals surface area contributed by atoms with Crippen molar-refractivity contribution >= 4 is 78.1 Å². The number of furan rings is 2. The zero-order valence-corrected chi connectivity index (χ0v) is 55.3. The molecule has 0 fully saturated rings. The summed E-state index contributed by atoms with van der Waals surface area (Å²) in [7, 11) is 3.05. The molecule has 0 saturated heterocycles. The molecular formula is C55H51BrCs2F4N4O11. The quantitative estimate of drug-likeness (QED) is 0.0335. The second-order valence-electron chi connectivity index (χ2n) is 15.2. The first-order chi connectivity index (χ1) is 35.4. The van der Waals surface area contributed by atoms with E-state index in [2.05, 4.69) is 35.8 Å². The molecule has 0 spiro atoms. The number of H-pyrrole nitrogens is 1. The van der Waals surface area contributed by atoms with Gasteiger partial charge in [-0.3, -0.25) is 4.79 Å². The first-order valence-corrected chi connectivity index (χ1v) is 23.1. The van der Waals surface area contributed by atoms with Gasteiger partial charge in [0, 0.05) is 84.7 Å². The summed E-state index contributed by atoms with van der Waals surface area (Å²) in [5.41, 5.74) is 6.64. The van der Waals surface area contributed by atoms with Crippen molar-refractivity contribution in [2.45, 2.75) is 40.6 Å². The third-order valence-electron chi connectivity index (χ3n) is 11.0. The second-order valence-corrected chi connectivity index (χ2v) is 15.7. The largest absolute Gasteiger partial charge is 1.00 e. The van der Waals surface area contributed by atoms with Gasteiger partial charge in [0.25, 0.3) is 6.47 Å². The van der Waals surface area contributed by atoms with Crippen LogP contribution in [-0.2, 0) is 31.0 Å². The van der Waals surface area contributed by atoms with Crippen LogP contribution >= 0.6 is 15.9 Å². The molecule has 1 N–H and O–H groups in total. The number of hydrogen-bond acceptors (Lipinski definition) is 13. The summed E-state index contributed by atoms with van der Waals surface area (Å²) in [5.74, 6) is -2.67. The average molecular weight is 1370 g/mol. The molecule has 0 saturated carbocycles. The Morgan fingerprint density at radius 1 is 0.714 bits per heavy atom. The minimum absolute atomic E-state index is 0. The average Bonchev–Trinajstić information content (AvgIpc) is 4.36. The third kappa shape index (κ3) is 15.3. The maximum absolute atomic E-state index is 14.7. The Morgan fingerprint density at radius 2 is 1.22 bits per heavy atom. The number of benzene rings is 4. The van der Waals surface area contributed by atoms with E-state index in [0.29, 0.717) is 73.7 Å². The van der Waals surface area contributed by atoms with E-state index in [-0.39, 0.29) is 185 Å². The fourth-order valence-corrected chi connectivity index (χ4v) is 8.49. The Hall–Kier alpha value is -4.39. The number of halogens is 5. The summed E-state index contributed by atoms with van der Waals surface area (Å²) in [6.45, 7) is 3.72. The maximum atomic E-state index is 14.7. The number of fused-ring (bicyclic) bond motifs is 6. The van der Waals surface area contributed by atoms with Crippen LogP contribution < -0.4 is 153 Å². The molecule has 6 aromatic heterocycles. The molecule has 0 bridgehead atoms. The Kier molecular flexibility index (Phi) is 27.8. The van der Waals surface area contributed by atoms with Gasteiger partial charge in [-0.2, -0.15) is 0 Å². The Bertz CT molecular complexity index is 3590.